The molecule has 0 saturated carbocycles. The summed E-state index contributed by atoms with van der Waals surface area (Å²) in [4.78, 5) is 30.9. The zero-order chi connectivity index (χ0) is 22.0. The maximum absolute atomic E-state index is 13.2. The lowest BCUT2D eigenvalue weighted by atomic mass is 9.99. The highest BCUT2D eigenvalue weighted by Crippen LogP contribution is 2.22. The van der Waals surface area contributed by atoms with Crippen LogP contribution in [0.2, 0.25) is 0 Å². The van der Waals surface area contributed by atoms with Gasteiger partial charge in [-0.25, -0.2) is 4.98 Å². The normalized spacial score (nSPS) is 11.1. The van der Waals surface area contributed by atoms with Crippen molar-refractivity contribution in [1.29, 1.82) is 0 Å². The Hall–Kier alpha value is -3.18. The number of carbonyl (C=O) groups excluding carboxylic acids is 1. The molecule has 156 valence electrons. The van der Waals surface area contributed by atoms with E-state index in [9.17, 15) is 9.59 Å². The minimum absolute atomic E-state index is 0.0410. The van der Waals surface area contributed by atoms with Gasteiger partial charge in [0.05, 0.1) is 23.2 Å². The van der Waals surface area contributed by atoms with Crippen LogP contribution in [0.1, 0.15) is 32.6 Å². The standard InChI is InChI=1S/C26H24N2O2S/c1-17-13-19(3)22(14-18(17)2)24(29)16-31-26-27-23-12-8-7-11-21(23)25(30)28(26)15-20-9-5-4-6-10-20/h4-14H,15-16H2,1-3H3. The molecule has 4 aromatic rings. The minimum Gasteiger partial charge on any atom is -0.293 e. The zero-order valence-electron chi connectivity index (χ0n) is 17.9. The summed E-state index contributed by atoms with van der Waals surface area (Å²) >= 11 is 1.32. The Balaban J connectivity index is 1.69. The predicted molar refractivity (Wildman–Crippen MR) is 127 cm³/mol. The number of para-hydroxylation sites is 1. The van der Waals surface area contributed by atoms with Crippen LogP contribution in [-0.4, -0.2) is 21.1 Å². The summed E-state index contributed by atoms with van der Waals surface area (Å²) in [5.74, 6) is 0.266. The molecule has 0 radical (unpaired) electrons. The van der Waals surface area contributed by atoms with Crippen LogP contribution in [0.5, 0.6) is 0 Å². The Labute approximate surface area is 186 Å². The number of nitrogens with zero attached hydrogens (tertiary/aromatic N) is 2. The second-order valence-corrected chi connectivity index (χ2v) is 8.69. The summed E-state index contributed by atoms with van der Waals surface area (Å²) in [5.41, 5.74) is 5.55. The van der Waals surface area contributed by atoms with Gasteiger partial charge in [-0.15, -0.1) is 0 Å². The molecule has 0 spiro atoms. The van der Waals surface area contributed by atoms with Crippen molar-refractivity contribution in [3.8, 4) is 0 Å². The smallest absolute Gasteiger partial charge is 0.262 e. The molecule has 0 bridgehead atoms. The number of thioether (sulfide) groups is 1. The van der Waals surface area contributed by atoms with Crippen molar-refractivity contribution >= 4 is 28.4 Å². The van der Waals surface area contributed by atoms with E-state index in [1.165, 1.54) is 17.3 Å². The van der Waals surface area contributed by atoms with Crippen molar-refractivity contribution in [2.75, 3.05) is 5.75 Å². The Bertz CT molecular complexity index is 1330. The predicted octanol–water partition coefficient (Wildman–Crippen LogP) is 5.35. The fourth-order valence-electron chi connectivity index (χ4n) is 3.63. The molecule has 31 heavy (non-hydrogen) atoms. The van der Waals surface area contributed by atoms with E-state index in [4.69, 9.17) is 4.98 Å². The van der Waals surface area contributed by atoms with E-state index in [1.54, 1.807) is 10.6 Å². The molecule has 0 aliphatic heterocycles. The number of hydrogen-bond acceptors (Lipinski definition) is 4. The molecule has 0 unspecified atom stereocenters. The lowest BCUT2D eigenvalue weighted by Gasteiger charge is -2.14. The molecule has 0 saturated heterocycles. The molecule has 1 aromatic heterocycles. The highest BCUT2D eigenvalue weighted by atomic mass is 32.2. The molecule has 0 amide bonds. The Morgan fingerprint density at radius 3 is 2.35 bits per heavy atom. The summed E-state index contributed by atoms with van der Waals surface area (Å²) in [5, 5.41) is 1.14. The van der Waals surface area contributed by atoms with Gasteiger partial charge in [0.2, 0.25) is 0 Å². The van der Waals surface area contributed by atoms with Crippen LogP contribution in [0.15, 0.2) is 76.7 Å². The summed E-state index contributed by atoms with van der Waals surface area (Å²) in [7, 11) is 0. The van der Waals surface area contributed by atoms with Crippen molar-refractivity contribution in [2.24, 2.45) is 0 Å². The van der Waals surface area contributed by atoms with Crippen molar-refractivity contribution in [2.45, 2.75) is 32.5 Å². The van der Waals surface area contributed by atoms with Crippen molar-refractivity contribution in [3.63, 3.8) is 0 Å². The van der Waals surface area contributed by atoms with E-state index >= 15 is 0 Å². The van der Waals surface area contributed by atoms with Gasteiger partial charge in [-0.05, 0) is 61.2 Å². The van der Waals surface area contributed by atoms with Gasteiger partial charge in [0.25, 0.3) is 5.56 Å². The van der Waals surface area contributed by atoms with Gasteiger partial charge >= 0.3 is 0 Å². The minimum atomic E-state index is -0.0910. The average molecular weight is 429 g/mol. The molecular weight excluding hydrogens is 404 g/mol. The van der Waals surface area contributed by atoms with E-state index in [1.807, 2.05) is 81.4 Å². The highest BCUT2D eigenvalue weighted by Gasteiger charge is 2.16. The third kappa shape index (κ3) is 4.47. The summed E-state index contributed by atoms with van der Waals surface area (Å²) in [6, 6.07) is 21.2. The number of hydrogen-bond donors (Lipinski definition) is 0. The van der Waals surface area contributed by atoms with E-state index in [0.717, 1.165) is 22.3 Å². The molecule has 4 rings (SSSR count). The number of aryl methyl sites for hydroxylation is 3. The molecule has 4 nitrogen and oxygen atoms in total. The average Bonchev–Trinajstić information content (AvgIpc) is 2.77. The maximum atomic E-state index is 13.2. The number of rotatable bonds is 6. The van der Waals surface area contributed by atoms with Crippen molar-refractivity contribution < 1.29 is 4.79 Å². The van der Waals surface area contributed by atoms with Crippen LogP contribution in [0.3, 0.4) is 0 Å². The van der Waals surface area contributed by atoms with Crippen molar-refractivity contribution in [3.05, 3.63) is 105 Å². The zero-order valence-corrected chi connectivity index (χ0v) is 18.7. The third-order valence-corrected chi connectivity index (χ3v) is 6.46. The molecule has 0 atom stereocenters. The molecule has 0 aliphatic rings. The fourth-order valence-corrected chi connectivity index (χ4v) is 4.51. The second-order valence-electron chi connectivity index (χ2n) is 7.75. The molecule has 0 N–H and O–H groups in total. The first-order chi connectivity index (χ1) is 14.9. The van der Waals surface area contributed by atoms with E-state index < -0.39 is 0 Å². The number of benzene rings is 3. The van der Waals surface area contributed by atoms with Crippen LogP contribution in [0.4, 0.5) is 0 Å². The fraction of sp³-hybridized carbons (Fsp3) is 0.192. The molecular formula is C26H24N2O2S. The highest BCUT2D eigenvalue weighted by molar-refractivity contribution is 7.99. The Morgan fingerprint density at radius 1 is 0.903 bits per heavy atom. The van der Waals surface area contributed by atoms with Gasteiger partial charge in [0.15, 0.2) is 10.9 Å². The van der Waals surface area contributed by atoms with Crippen LogP contribution in [-0.2, 0) is 6.54 Å². The van der Waals surface area contributed by atoms with Crippen molar-refractivity contribution in [1.82, 2.24) is 9.55 Å². The maximum Gasteiger partial charge on any atom is 0.262 e. The number of aromatic nitrogens is 2. The van der Waals surface area contributed by atoms with E-state index in [0.29, 0.717) is 22.6 Å². The van der Waals surface area contributed by atoms with Crippen LogP contribution >= 0.6 is 11.8 Å². The van der Waals surface area contributed by atoms with Gasteiger partial charge in [-0.2, -0.15) is 0 Å². The van der Waals surface area contributed by atoms with E-state index in [-0.39, 0.29) is 17.1 Å². The molecule has 0 fully saturated rings. The van der Waals surface area contributed by atoms with Gasteiger partial charge in [-0.3, -0.25) is 14.2 Å². The third-order valence-electron chi connectivity index (χ3n) is 5.48. The van der Waals surface area contributed by atoms with Crippen LogP contribution in [0.25, 0.3) is 10.9 Å². The quantitative estimate of drug-likeness (QED) is 0.236. The van der Waals surface area contributed by atoms with Crippen LogP contribution in [0, 0.1) is 20.8 Å². The number of ketones is 1. The lowest BCUT2D eigenvalue weighted by Crippen LogP contribution is -2.24. The first-order valence-electron chi connectivity index (χ1n) is 10.2. The van der Waals surface area contributed by atoms with Crippen LogP contribution < -0.4 is 5.56 Å². The summed E-state index contributed by atoms with van der Waals surface area (Å²) in [6.45, 7) is 6.44. The largest absolute Gasteiger partial charge is 0.293 e. The van der Waals surface area contributed by atoms with Gasteiger partial charge in [-0.1, -0.05) is 60.3 Å². The second kappa shape index (κ2) is 8.90. The Morgan fingerprint density at radius 2 is 1.58 bits per heavy atom. The first kappa shape index (κ1) is 21.1. The molecule has 1 heterocycles. The summed E-state index contributed by atoms with van der Waals surface area (Å²) in [6.07, 6.45) is 0. The first-order valence-corrected chi connectivity index (χ1v) is 11.2. The van der Waals surface area contributed by atoms with Gasteiger partial charge in [0.1, 0.15) is 0 Å². The molecule has 5 heteroatoms. The number of Topliss-reactive ketones (excluding diaryl/α,β-unsaturated/α-hetero) is 1. The molecule has 0 aliphatic carbocycles. The topological polar surface area (TPSA) is 52.0 Å². The summed E-state index contributed by atoms with van der Waals surface area (Å²) < 4.78 is 1.67. The number of carbonyl (C=O) groups is 1. The number of fused-ring (bicyclic) bond motifs is 1. The van der Waals surface area contributed by atoms with E-state index in [2.05, 4.69) is 0 Å². The van der Waals surface area contributed by atoms with Gasteiger partial charge < -0.3 is 0 Å². The lowest BCUT2D eigenvalue weighted by molar-refractivity contribution is 0.102. The molecule has 3 aromatic carbocycles. The Kier molecular flexibility index (Phi) is 6.05. The SMILES string of the molecule is Cc1cc(C)c(C(=O)CSc2nc3ccccc3c(=O)n2Cc2ccccc2)cc1C. The van der Waals surface area contributed by atoms with Gasteiger partial charge in [0, 0.05) is 5.56 Å². The monoisotopic (exact) mass is 428 g/mol.